The second-order valence-corrected chi connectivity index (χ2v) is 9.32. The molecule has 0 radical (unpaired) electrons. The molecule has 1 aromatic carbocycles. The van der Waals surface area contributed by atoms with Crippen LogP contribution >= 0.6 is 0 Å². The molecule has 0 aliphatic carbocycles. The van der Waals surface area contributed by atoms with Gasteiger partial charge in [0.2, 0.25) is 15.9 Å². The van der Waals surface area contributed by atoms with Crippen molar-refractivity contribution in [1.82, 2.24) is 19.4 Å². The average molecular weight is 403 g/mol. The van der Waals surface area contributed by atoms with Crippen molar-refractivity contribution in [3.63, 3.8) is 0 Å². The van der Waals surface area contributed by atoms with E-state index in [1.165, 1.54) is 10.4 Å². The molecule has 2 heterocycles. The van der Waals surface area contributed by atoms with Crippen molar-refractivity contribution in [3.8, 4) is 11.3 Å². The average Bonchev–Trinajstić information content (AvgIpc) is 3.10. The van der Waals surface area contributed by atoms with E-state index in [4.69, 9.17) is 0 Å². The van der Waals surface area contributed by atoms with Gasteiger partial charge in [-0.2, -0.15) is 9.40 Å². The number of carbonyl (C=O) groups excluding carboxylic acids is 1. The molecule has 0 bridgehead atoms. The van der Waals surface area contributed by atoms with Crippen LogP contribution in [0.25, 0.3) is 11.3 Å². The van der Waals surface area contributed by atoms with Crippen LogP contribution in [0.15, 0.2) is 54.1 Å². The van der Waals surface area contributed by atoms with Crippen molar-refractivity contribution in [2.75, 3.05) is 13.1 Å². The minimum atomic E-state index is -3.60. The molecule has 8 heteroatoms. The predicted molar refractivity (Wildman–Crippen MR) is 108 cm³/mol. The van der Waals surface area contributed by atoms with Gasteiger partial charge in [-0.3, -0.25) is 9.48 Å². The molecule has 1 aliphatic rings. The number of carbonyl (C=O) groups is 1. The number of benzene rings is 1. The number of nitrogens with zero attached hydrogens (tertiary/aromatic N) is 3. The van der Waals surface area contributed by atoms with Gasteiger partial charge in [0, 0.05) is 32.4 Å². The first kappa shape index (κ1) is 20.3. The zero-order valence-electron chi connectivity index (χ0n) is 16.4. The fraction of sp³-hybridized carbons (Fsp3) is 0.400. The Morgan fingerprint density at radius 1 is 1.18 bits per heavy atom. The topological polar surface area (TPSA) is 84.3 Å². The lowest BCUT2D eigenvalue weighted by molar-refractivity contribution is -0.118. The number of rotatable bonds is 5. The lowest BCUT2D eigenvalue weighted by Gasteiger charge is -2.40. The fourth-order valence-corrected chi connectivity index (χ4v) is 5.45. The highest BCUT2D eigenvalue weighted by Crippen LogP contribution is 2.28. The van der Waals surface area contributed by atoms with Gasteiger partial charge >= 0.3 is 0 Å². The number of nitrogens with one attached hydrogen (secondary N) is 1. The van der Waals surface area contributed by atoms with Gasteiger partial charge in [0.05, 0.1) is 10.6 Å². The number of aromatic nitrogens is 2. The van der Waals surface area contributed by atoms with Crippen LogP contribution < -0.4 is 5.32 Å². The number of aryl methyl sites for hydroxylation is 1. The van der Waals surface area contributed by atoms with E-state index in [9.17, 15) is 13.2 Å². The number of hydrogen-bond donors (Lipinski definition) is 1. The highest BCUT2D eigenvalue weighted by atomic mass is 32.2. The molecule has 2 aromatic rings. The molecule has 28 heavy (non-hydrogen) atoms. The summed E-state index contributed by atoms with van der Waals surface area (Å²) in [4.78, 5) is 11.9. The zero-order chi connectivity index (χ0) is 20.5. The molecule has 3 rings (SSSR count). The Labute approximate surface area is 166 Å². The van der Waals surface area contributed by atoms with Gasteiger partial charge < -0.3 is 5.32 Å². The van der Waals surface area contributed by atoms with E-state index < -0.39 is 10.0 Å². The summed E-state index contributed by atoms with van der Waals surface area (Å²) in [5.74, 6) is -0.238. The Bertz CT molecular complexity index is 954. The van der Waals surface area contributed by atoms with Crippen molar-refractivity contribution < 1.29 is 13.2 Å². The first-order valence-electron chi connectivity index (χ1n) is 9.25. The SMILES string of the molecule is C=CC(=O)NC1C(C)CN(S(=O)(=O)c2ccc(-c3ccnn3C)cc2)CC1C. The number of hydrogen-bond acceptors (Lipinski definition) is 4. The van der Waals surface area contributed by atoms with Crippen molar-refractivity contribution >= 4 is 15.9 Å². The molecule has 0 spiro atoms. The van der Waals surface area contributed by atoms with Gasteiger partial charge in [-0.1, -0.05) is 32.6 Å². The minimum absolute atomic E-state index is 0.00357. The fourth-order valence-electron chi connectivity index (χ4n) is 3.81. The third kappa shape index (κ3) is 3.88. The molecule has 2 unspecified atom stereocenters. The summed E-state index contributed by atoms with van der Waals surface area (Å²) >= 11 is 0. The number of sulfonamides is 1. The van der Waals surface area contributed by atoms with Crippen molar-refractivity contribution in [2.45, 2.75) is 24.8 Å². The van der Waals surface area contributed by atoms with Crippen molar-refractivity contribution in [1.29, 1.82) is 0 Å². The lowest BCUT2D eigenvalue weighted by atomic mass is 9.87. The van der Waals surface area contributed by atoms with Gasteiger partial charge in [-0.05, 0) is 41.7 Å². The van der Waals surface area contributed by atoms with Crippen LogP contribution in [0.4, 0.5) is 0 Å². The molecule has 1 N–H and O–H groups in total. The first-order valence-corrected chi connectivity index (χ1v) is 10.7. The monoisotopic (exact) mass is 402 g/mol. The molecular formula is C20H26N4O3S. The van der Waals surface area contributed by atoms with E-state index in [0.717, 1.165) is 11.3 Å². The van der Waals surface area contributed by atoms with Gasteiger partial charge in [-0.15, -0.1) is 0 Å². The van der Waals surface area contributed by atoms with Crippen LogP contribution in [-0.4, -0.2) is 47.5 Å². The Morgan fingerprint density at radius 2 is 1.79 bits per heavy atom. The summed E-state index contributed by atoms with van der Waals surface area (Å²) in [6.45, 7) is 8.11. The highest BCUT2D eigenvalue weighted by molar-refractivity contribution is 7.89. The van der Waals surface area contributed by atoms with Gasteiger partial charge in [0.1, 0.15) is 0 Å². The molecule has 0 saturated carbocycles. The summed E-state index contributed by atoms with van der Waals surface area (Å²) < 4.78 is 29.5. The van der Waals surface area contributed by atoms with E-state index in [2.05, 4.69) is 17.0 Å². The third-order valence-electron chi connectivity index (χ3n) is 5.31. The summed E-state index contributed by atoms with van der Waals surface area (Å²) in [7, 11) is -1.76. The Hall–Kier alpha value is -2.45. The second kappa shape index (κ2) is 7.89. The van der Waals surface area contributed by atoms with Crippen LogP contribution in [0.2, 0.25) is 0 Å². The minimum Gasteiger partial charge on any atom is -0.349 e. The predicted octanol–water partition coefficient (Wildman–Crippen LogP) is 2.03. The maximum Gasteiger partial charge on any atom is 0.243 e. The largest absolute Gasteiger partial charge is 0.349 e. The van der Waals surface area contributed by atoms with Crippen LogP contribution in [0, 0.1) is 11.8 Å². The van der Waals surface area contributed by atoms with Crippen LogP contribution in [0.3, 0.4) is 0 Å². The van der Waals surface area contributed by atoms with E-state index in [1.807, 2.05) is 27.0 Å². The highest BCUT2D eigenvalue weighted by Gasteiger charge is 2.38. The second-order valence-electron chi connectivity index (χ2n) is 7.38. The number of amides is 1. The maximum absolute atomic E-state index is 13.1. The van der Waals surface area contributed by atoms with E-state index in [-0.39, 0.29) is 28.7 Å². The van der Waals surface area contributed by atoms with Crippen LogP contribution in [0.1, 0.15) is 13.8 Å². The standard InChI is InChI=1S/C20H26N4O3S/c1-5-19(25)22-20-14(2)12-24(13-15(20)3)28(26,27)17-8-6-16(7-9-17)18-10-11-21-23(18)4/h5-11,14-15,20H,1,12-13H2,2-4H3,(H,22,25). The quantitative estimate of drug-likeness (QED) is 0.776. The number of piperidine rings is 1. The molecule has 2 atom stereocenters. The molecule has 1 amide bonds. The maximum atomic E-state index is 13.1. The first-order chi connectivity index (χ1) is 13.2. The molecule has 7 nitrogen and oxygen atoms in total. The van der Waals surface area contributed by atoms with Gasteiger partial charge in [-0.25, -0.2) is 8.42 Å². The summed E-state index contributed by atoms with van der Waals surface area (Å²) in [6.07, 6.45) is 2.95. The molecule has 1 fully saturated rings. The molecule has 1 aliphatic heterocycles. The zero-order valence-corrected chi connectivity index (χ0v) is 17.2. The summed E-state index contributed by atoms with van der Waals surface area (Å²) in [6, 6.07) is 8.68. The van der Waals surface area contributed by atoms with Crippen LogP contribution in [-0.2, 0) is 21.9 Å². The molecule has 1 saturated heterocycles. The Kier molecular flexibility index (Phi) is 5.71. The lowest BCUT2D eigenvalue weighted by Crippen LogP contribution is -2.55. The van der Waals surface area contributed by atoms with E-state index >= 15 is 0 Å². The Morgan fingerprint density at radius 3 is 2.29 bits per heavy atom. The summed E-state index contributed by atoms with van der Waals surface area (Å²) in [5, 5.41) is 7.06. The van der Waals surface area contributed by atoms with Gasteiger partial charge in [0.15, 0.2) is 0 Å². The van der Waals surface area contributed by atoms with Gasteiger partial charge in [0.25, 0.3) is 0 Å². The van der Waals surface area contributed by atoms with E-state index in [1.54, 1.807) is 35.1 Å². The van der Waals surface area contributed by atoms with Crippen LogP contribution in [0.5, 0.6) is 0 Å². The van der Waals surface area contributed by atoms with Crippen molar-refractivity contribution in [2.24, 2.45) is 18.9 Å². The Balaban J connectivity index is 1.79. The molecular weight excluding hydrogens is 376 g/mol. The van der Waals surface area contributed by atoms with Crippen molar-refractivity contribution in [3.05, 3.63) is 49.2 Å². The third-order valence-corrected chi connectivity index (χ3v) is 7.16. The van der Waals surface area contributed by atoms with E-state index in [0.29, 0.717) is 13.1 Å². The molecule has 1 aromatic heterocycles. The summed E-state index contributed by atoms with van der Waals surface area (Å²) in [5.41, 5.74) is 1.83. The normalized spacial score (nSPS) is 23.3. The smallest absolute Gasteiger partial charge is 0.243 e. The molecule has 150 valence electrons.